The summed E-state index contributed by atoms with van der Waals surface area (Å²) in [6.07, 6.45) is -0.820. The molecule has 0 bridgehead atoms. The first-order valence-electron chi connectivity index (χ1n) is 10.4. The Hall–Kier alpha value is -0.670. The molecule has 0 aromatic heterocycles. The largest absolute Gasteiger partial charge is 0.368 e. The van der Waals surface area contributed by atoms with Crippen LogP contribution in [0.15, 0.2) is 30.3 Å². The zero-order valence-electron chi connectivity index (χ0n) is 18.0. The zero-order valence-corrected chi connectivity index (χ0v) is 18.8. The summed E-state index contributed by atoms with van der Waals surface area (Å²) in [7, 11) is 2.15. The number of thioether (sulfide) groups is 1. The summed E-state index contributed by atoms with van der Waals surface area (Å²) in [5.41, 5.74) is 1.15. The van der Waals surface area contributed by atoms with Gasteiger partial charge in [-0.05, 0) is 40.3 Å². The molecule has 3 aliphatic heterocycles. The van der Waals surface area contributed by atoms with Crippen molar-refractivity contribution in [3.63, 3.8) is 0 Å². The second kappa shape index (κ2) is 8.46. The van der Waals surface area contributed by atoms with Gasteiger partial charge in [-0.3, -0.25) is 4.90 Å². The highest BCUT2D eigenvalue weighted by Gasteiger charge is 2.54. The van der Waals surface area contributed by atoms with Crippen molar-refractivity contribution in [2.45, 2.75) is 75.7 Å². The molecule has 3 aliphatic rings. The number of rotatable bonds is 6. The summed E-state index contributed by atoms with van der Waals surface area (Å²) < 4.78 is 31.3. The Labute approximate surface area is 178 Å². The van der Waals surface area contributed by atoms with E-state index in [1.54, 1.807) is 0 Å². The predicted octanol–water partition coefficient (Wildman–Crippen LogP) is 3.25. The summed E-state index contributed by atoms with van der Waals surface area (Å²) in [5.74, 6) is -0.212. The molecule has 0 saturated carbocycles. The van der Waals surface area contributed by atoms with Gasteiger partial charge in [-0.25, -0.2) is 0 Å². The topological polar surface area (TPSA) is 49.4 Å². The number of hydrogen-bond acceptors (Lipinski definition) is 7. The Morgan fingerprint density at radius 1 is 1.10 bits per heavy atom. The van der Waals surface area contributed by atoms with Gasteiger partial charge in [-0.1, -0.05) is 30.3 Å². The molecule has 0 amide bonds. The smallest absolute Gasteiger partial charge is 0.164 e. The van der Waals surface area contributed by atoms with E-state index in [4.69, 9.17) is 23.7 Å². The molecular formula is C22H33NO5S. The van der Waals surface area contributed by atoms with E-state index in [-0.39, 0.29) is 29.8 Å². The van der Waals surface area contributed by atoms with E-state index >= 15 is 0 Å². The maximum absolute atomic E-state index is 6.54. The van der Waals surface area contributed by atoms with Crippen LogP contribution in [-0.2, 0) is 30.3 Å². The predicted molar refractivity (Wildman–Crippen MR) is 113 cm³/mol. The minimum atomic E-state index is -0.693. The number of ether oxygens (including phenoxy) is 5. The normalized spacial score (nSPS) is 35.2. The van der Waals surface area contributed by atoms with Crippen LogP contribution in [0.3, 0.4) is 0 Å². The Morgan fingerprint density at radius 2 is 1.86 bits per heavy atom. The maximum Gasteiger partial charge on any atom is 0.164 e. The number of likely N-dealkylation sites (N-methyl/N-ethyl adjacent to an activating group) is 1. The van der Waals surface area contributed by atoms with Gasteiger partial charge in [0, 0.05) is 12.3 Å². The quantitative estimate of drug-likeness (QED) is 0.696. The van der Waals surface area contributed by atoms with Gasteiger partial charge in [0.2, 0.25) is 0 Å². The van der Waals surface area contributed by atoms with Crippen LogP contribution in [0, 0.1) is 0 Å². The highest BCUT2D eigenvalue weighted by Crippen LogP contribution is 2.41. The Bertz CT molecular complexity index is 685. The average molecular weight is 424 g/mol. The minimum Gasteiger partial charge on any atom is -0.368 e. The summed E-state index contributed by atoms with van der Waals surface area (Å²) in [6, 6.07) is 10.3. The van der Waals surface area contributed by atoms with Gasteiger partial charge in [-0.2, -0.15) is 0 Å². The molecule has 3 heterocycles. The van der Waals surface area contributed by atoms with Crippen molar-refractivity contribution in [1.82, 2.24) is 4.90 Å². The number of hydrogen-bond donors (Lipinski definition) is 0. The molecule has 1 aromatic rings. The van der Waals surface area contributed by atoms with E-state index in [1.165, 1.54) is 0 Å². The van der Waals surface area contributed by atoms with Crippen molar-refractivity contribution in [2.24, 2.45) is 0 Å². The second-order valence-corrected chi connectivity index (χ2v) is 10.2. The highest BCUT2D eigenvalue weighted by molar-refractivity contribution is 8.00. The van der Waals surface area contributed by atoms with Gasteiger partial charge in [-0.15, -0.1) is 11.8 Å². The van der Waals surface area contributed by atoms with E-state index in [0.29, 0.717) is 13.2 Å². The molecule has 1 unspecified atom stereocenters. The third-order valence-electron chi connectivity index (χ3n) is 5.62. The number of nitrogens with zero attached hydrogens (tertiary/aromatic N) is 1. The first kappa shape index (κ1) is 21.6. The molecule has 0 radical (unpaired) electrons. The molecule has 5 atom stereocenters. The van der Waals surface area contributed by atoms with Gasteiger partial charge in [0.05, 0.1) is 18.6 Å². The lowest BCUT2D eigenvalue weighted by molar-refractivity contribution is -0.176. The van der Waals surface area contributed by atoms with Gasteiger partial charge >= 0.3 is 0 Å². The van der Waals surface area contributed by atoms with Crippen LogP contribution in [0.4, 0.5) is 0 Å². The van der Waals surface area contributed by atoms with Gasteiger partial charge < -0.3 is 23.7 Å². The van der Waals surface area contributed by atoms with E-state index in [1.807, 2.05) is 57.7 Å². The fourth-order valence-corrected chi connectivity index (χ4v) is 5.68. The maximum atomic E-state index is 6.54. The molecule has 3 fully saturated rings. The number of benzene rings is 1. The monoisotopic (exact) mass is 423 g/mol. The molecular weight excluding hydrogens is 390 g/mol. The second-order valence-electron chi connectivity index (χ2n) is 8.94. The minimum absolute atomic E-state index is 0.146. The fourth-order valence-electron chi connectivity index (χ4n) is 4.26. The van der Waals surface area contributed by atoms with Crippen molar-refractivity contribution in [3.05, 3.63) is 35.9 Å². The van der Waals surface area contributed by atoms with Crippen LogP contribution in [0.5, 0.6) is 0 Å². The van der Waals surface area contributed by atoms with Crippen LogP contribution >= 0.6 is 11.8 Å². The molecule has 0 N–H and O–H groups in total. The van der Waals surface area contributed by atoms with Crippen LogP contribution < -0.4 is 0 Å². The summed E-state index contributed by atoms with van der Waals surface area (Å²) in [5, 5.41) is 0.207. The lowest BCUT2D eigenvalue weighted by atomic mass is 10.0. The van der Waals surface area contributed by atoms with Crippen molar-refractivity contribution in [3.8, 4) is 0 Å². The molecule has 0 spiro atoms. The third kappa shape index (κ3) is 4.98. The first-order chi connectivity index (χ1) is 13.7. The highest BCUT2D eigenvalue weighted by atomic mass is 32.2. The average Bonchev–Trinajstić information content (AvgIpc) is 3.33. The van der Waals surface area contributed by atoms with Gasteiger partial charge in [0.25, 0.3) is 0 Å². The van der Waals surface area contributed by atoms with Crippen LogP contribution in [0.1, 0.15) is 33.3 Å². The third-order valence-corrected chi connectivity index (χ3v) is 7.01. The van der Waals surface area contributed by atoms with E-state index in [9.17, 15) is 0 Å². The standard InChI is InChI=1S/C22H33NO5S/c1-21(2)25-14-16(26-21)17-18(28-22(3,4)27-17)19(20-23(5)11-12-29-20)24-13-15-9-7-6-8-10-15/h6-10,16-20H,11-14H2,1-5H3/t16-,17+,18-,19-,20?/m0/s1. The summed E-state index contributed by atoms with van der Waals surface area (Å²) in [6.45, 7) is 9.86. The molecule has 4 rings (SSSR count). The van der Waals surface area contributed by atoms with E-state index < -0.39 is 11.6 Å². The van der Waals surface area contributed by atoms with E-state index in [0.717, 1.165) is 17.9 Å². The Balaban J connectivity index is 1.56. The zero-order chi connectivity index (χ0) is 20.6. The molecule has 0 aliphatic carbocycles. The van der Waals surface area contributed by atoms with E-state index in [2.05, 4.69) is 24.1 Å². The lowest BCUT2D eigenvalue weighted by Crippen LogP contribution is -2.51. The Morgan fingerprint density at radius 3 is 2.48 bits per heavy atom. The Kier molecular flexibility index (Phi) is 6.29. The molecule has 7 heteroatoms. The first-order valence-corrected chi connectivity index (χ1v) is 11.4. The molecule has 162 valence electrons. The van der Waals surface area contributed by atoms with Gasteiger partial charge in [0.15, 0.2) is 11.6 Å². The molecule has 1 aromatic carbocycles. The molecule has 3 saturated heterocycles. The van der Waals surface area contributed by atoms with Crippen molar-refractivity contribution >= 4 is 11.8 Å². The fraction of sp³-hybridized carbons (Fsp3) is 0.727. The van der Waals surface area contributed by atoms with Crippen molar-refractivity contribution < 1.29 is 23.7 Å². The molecule has 29 heavy (non-hydrogen) atoms. The van der Waals surface area contributed by atoms with Crippen LogP contribution in [-0.4, -0.2) is 72.2 Å². The van der Waals surface area contributed by atoms with Crippen molar-refractivity contribution in [2.75, 3.05) is 26.0 Å². The van der Waals surface area contributed by atoms with Crippen LogP contribution in [0.2, 0.25) is 0 Å². The van der Waals surface area contributed by atoms with Crippen molar-refractivity contribution in [1.29, 1.82) is 0 Å². The van der Waals surface area contributed by atoms with Crippen LogP contribution in [0.25, 0.3) is 0 Å². The summed E-state index contributed by atoms with van der Waals surface area (Å²) in [4.78, 5) is 2.35. The van der Waals surface area contributed by atoms with Gasteiger partial charge in [0.1, 0.15) is 24.4 Å². The SMILES string of the molecule is CN1CCSC1[C@@H](OCc1ccccc1)[C@H]1OC(C)(C)O[C@@H]1[C@@H]1COC(C)(C)O1. The lowest BCUT2D eigenvalue weighted by Gasteiger charge is -2.35. The molecule has 6 nitrogen and oxygen atoms in total. The summed E-state index contributed by atoms with van der Waals surface area (Å²) >= 11 is 1.92.